The lowest BCUT2D eigenvalue weighted by Gasteiger charge is -2.14. The molecular formula is C6H11NO6. The molecule has 0 spiro atoms. The number of carbonyl (C=O) groups is 1. The minimum Gasteiger partial charge on any atom is -0.865 e. The highest BCUT2D eigenvalue weighted by Gasteiger charge is 2.34. The van der Waals surface area contributed by atoms with E-state index in [4.69, 9.17) is 15.3 Å². The summed E-state index contributed by atoms with van der Waals surface area (Å²) < 4.78 is 4.25. The first kappa shape index (κ1) is 11.7. The van der Waals surface area contributed by atoms with Crippen LogP contribution in [0.4, 0.5) is 0 Å². The van der Waals surface area contributed by atoms with E-state index in [-0.39, 0.29) is 6.15 Å². The van der Waals surface area contributed by atoms with E-state index in [2.05, 4.69) is 4.74 Å². The van der Waals surface area contributed by atoms with E-state index >= 15 is 0 Å². The van der Waals surface area contributed by atoms with Crippen LogP contribution in [0.15, 0.2) is 11.5 Å². The molecule has 1 aliphatic rings. The van der Waals surface area contributed by atoms with Crippen LogP contribution < -0.4 is 11.3 Å². The Morgan fingerprint density at radius 3 is 2.46 bits per heavy atom. The first-order chi connectivity index (χ1) is 5.57. The Hall–Kier alpha value is -1.31. The van der Waals surface area contributed by atoms with Gasteiger partial charge in [0, 0.05) is 5.76 Å². The van der Waals surface area contributed by atoms with Gasteiger partial charge >= 0.3 is 5.97 Å². The molecule has 0 saturated heterocycles. The number of ether oxygens (including phenoxy) is 1. The minimum absolute atomic E-state index is 0. The lowest BCUT2D eigenvalue weighted by molar-refractivity contribution is -0.303. The van der Waals surface area contributed by atoms with Crippen molar-refractivity contribution >= 4 is 5.97 Å². The molecule has 2 unspecified atom stereocenters. The Bertz CT molecular complexity index is 237. The van der Waals surface area contributed by atoms with Gasteiger partial charge in [0.2, 0.25) is 0 Å². The first-order valence-electron chi connectivity index (χ1n) is 3.18. The smallest absolute Gasteiger partial charge is 0.327 e. The number of hydrogen-bond donors (Lipinski definition) is 4. The second-order valence-electron chi connectivity index (χ2n) is 2.29. The van der Waals surface area contributed by atoms with Crippen molar-refractivity contribution in [2.75, 3.05) is 6.61 Å². The molecule has 7 N–H and O–H groups in total. The first-order valence-corrected chi connectivity index (χ1v) is 3.18. The maximum absolute atomic E-state index is 10.6. The van der Waals surface area contributed by atoms with Crippen LogP contribution in [0.5, 0.6) is 0 Å². The largest absolute Gasteiger partial charge is 0.865 e. The van der Waals surface area contributed by atoms with Crippen LogP contribution in [0.25, 0.3) is 0 Å². The van der Waals surface area contributed by atoms with Crippen LogP contribution in [-0.4, -0.2) is 40.1 Å². The second-order valence-corrected chi connectivity index (χ2v) is 2.29. The SMILES string of the molecule is O=C1OC(C(O)CO)C(O)=C1[O-].[NH4+]. The molecule has 76 valence electrons. The Labute approximate surface area is 73.5 Å². The predicted molar refractivity (Wildman–Crippen MR) is 38.6 cm³/mol. The van der Waals surface area contributed by atoms with E-state index in [0.29, 0.717) is 0 Å². The Kier molecular flexibility index (Phi) is 3.67. The maximum atomic E-state index is 10.6. The number of aliphatic hydroxyl groups excluding tert-OH is 3. The second kappa shape index (κ2) is 4.08. The normalized spacial score (nSPS) is 23.8. The van der Waals surface area contributed by atoms with E-state index in [9.17, 15) is 9.90 Å². The summed E-state index contributed by atoms with van der Waals surface area (Å²) in [5, 5.41) is 36.8. The molecule has 0 bridgehead atoms. The molecule has 0 aromatic rings. The van der Waals surface area contributed by atoms with Crippen molar-refractivity contribution in [1.29, 1.82) is 0 Å². The van der Waals surface area contributed by atoms with Crippen molar-refractivity contribution in [3.05, 3.63) is 11.5 Å². The summed E-state index contributed by atoms with van der Waals surface area (Å²) in [6, 6.07) is 0. The third-order valence-electron chi connectivity index (χ3n) is 1.46. The fourth-order valence-electron chi connectivity index (χ4n) is 0.815. The van der Waals surface area contributed by atoms with Crippen LogP contribution in [0, 0.1) is 0 Å². The van der Waals surface area contributed by atoms with Crippen molar-refractivity contribution in [3.63, 3.8) is 0 Å². The Morgan fingerprint density at radius 1 is 1.62 bits per heavy atom. The standard InChI is InChI=1S/C6H8O6.H3N/c7-1-2(8)5-3(9)4(10)6(11)12-5;/h2,5,7-10H,1H2;1H3. The van der Waals surface area contributed by atoms with E-state index in [1.165, 1.54) is 0 Å². The molecule has 0 aromatic carbocycles. The van der Waals surface area contributed by atoms with Gasteiger partial charge in [-0.15, -0.1) is 0 Å². The van der Waals surface area contributed by atoms with Crippen molar-refractivity contribution in [2.45, 2.75) is 12.2 Å². The third kappa shape index (κ3) is 1.89. The maximum Gasteiger partial charge on any atom is 0.327 e. The molecule has 7 nitrogen and oxygen atoms in total. The van der Waals surface area contributed by atoms with Gasteiger partial charge in [-0.05, 0) is 0 Å². The molecule has 1 heterocycles. The highest BCUT2D eigenvalue weighted by molar-refractivity contribution is 5.88. The predicted octanol–water partition coefficient (Wildman–Crippen LogP) is -2.23. The number of carbonyl (C=O) groups excluding carboxylic acids is 1. The highest BCUT2D eigenvalue weighted by Crippen LogP contribution is 2.19. The number of esters is 1. The van der Waals surface area contributed by atoms with Crippen LogP contribution in [0.3, 0.4) is 0 Å². The van der Waals surface area contributed by atoms with Gasteiger partial charge in [0.05, 0.1) is 6.61 Å². The molecule has 0 saturated carbocycles. The lowest BCUT2D eigenvalue weighted by Crippen LogP contribution is -2.31. The van der Waals surface area contributed by atoms with E-state index in [0.717, 1.165) is 0 Å². The van der Waals surface area contributed by atoms with Crippen LogP contribution >= 0.6 is 0 Å². The molecule has 2 atom stereocenters. The molecule has 1 aliphatic heterocycles. The molecule has 0 radical (unpaired) electrons. The minimum atomic E-state index is -1.46. The van der Waals surface area contributed by atoms with Gasteiger partial charge in [-0.2, -0.15) is 0 Å². The molecule has 1 rings (SSSR count). The third-order valence-corrected chi connectivity index (χ3v) is 1.46. The Balaban J connectivity index is 0.00000144. The van der Waals surface area contributed by atoms with Gasteiger partial charge in [-0.3, -0.25) is 0 Å². The number of hydrogen-bond acceptors (Lipinski definition) is 6. The van der Waals surface area contributed by atoms with Gasteiger partial charge < -0.3 is 31.3 Å². The summed E-state index contributed by atoms with van der Waals surface area (Å²) in [4.78, 5) is 10.5. The summed E-state index contributed by atoms with van der Waals surface area (Å²) in [5.41, 5.74) is 0. The molecule has 0 aliphatic carbocycles. The zero-order valence-corrected chi connectivity index (χ0v) is 6.93. The zero-order chi connectivity index (χ0) is 9.30. The highest BCUT2D eigenvalue weighted by atomic mass is 16.6. The number of rotatable bonds is 2. The number of cyclic esters (lactones) is 1. The molecular weight excluding hydrogens is 182 g/mol. The van der Waals surface area contributed by atoms with E-state index in [1.54, 1.807) is 0 Å². The van der Waals surface area contributed by atoms with Crippen molar-refractivity contribution in [3.8, 4) is 0 Å². The fourth-order valence-corrected chi connectivity index (χ4v) is 0.815. The summed E-state index contributed by atoms with van der Waals surface area (Å²) >= 11 is 0. The van der Waals surface area contributed by atoms with Crippen LogP contribution in [0.1, 0.15) is 0 Å². The van der Waals surface area contributed by atoms with Gasteiger partial charge in [0.25, 0.3) is 0 Å². The summed E-state index contributed by atoms with van der Waals surface area (Å²) in [6.45, 7) is -0.699. The Morgan fingerprint density at radius 2 is 2.15 bits per heavy atom. The number of quaternary nitrogens is 1. The van der Waals surface area contributed by atoms with E-state index in [1.807, 2.05) is 0 Å². The van der Waals surface area contributed by atoms with Crippen molar-refractivity contribution in [2.24, 2.45) is 0 Å². The van der Waals surface area contributed by atoms with Crippen LogP contribution in [0.2, 0.25) is 0 Å². The van der Waals surface area contributed by atoms with Gasteiger partial charge in [0.15, 0.2) is 6.10 Å². The molecule has 7 heteroatoms. The van der Waals surface area contributed by atoms with Gasteiger partial charge in [0.1, 0.15) is 11.9 Å². The summed E-state index contributed by atoms with van der Waals surface area (Å²) in [6.07, 6.45) is -2.88. The van der Waals surface area contributed by atoms with E-state index < -0.39 is 36.3 Å². The quantitative estimate of drug-likeness (QED) is 0.365. The zero-order valence-electron chi connectivity index (χ0n) is 6.93. The molecule has 13 heavy (non-hydrogen) atoms. The molecule has 0 aromatic heterocycles. The average molecular weight is 193 g/mol. The van der Waals surface area contributed by atoms with Crippen molar-refractivity contribution in [1.82, 2.24) is 6.15 Å². The monoisotopic (exact) mass is 193 g/mol. The molecule has 0 fully saturated rings. The lowest BCUT2D eigenvalue weighted by atomic mass is 10.2. The average Bonchev–Trinajstić information content (AvgIpc) is 2.32. The topological polar surface area (TPSA) is 147 Å². The van der Waals surface area contributed by atoms with Crippen molar-refractivity contribution < 1.29 is 30.0 Å². The van der Waals surface area contributed by atoms with Crippen LogP contribution in [-0.2, 0) is 9.53 Å². The summed E-state index contributed by atoms with van der Waals surface area (Å²) in [7, 11) is 0. The fraction of sp³-hybridized carbons (Fsp3) is 0.500. The molecule has 0 amide bonds. The summed E-state index contributed by atoms with van der Waals surface area (Å²) in [5.74, 6) is -3.25. The van der Waals surface area contributed by atoms with Gasteiger partial charge in [-0.25, -0.2) is 4.79 Å². The number of aliphatic hydroxyl groups is 3. The van der Waals surface area contributed by atoms with Gasteiger partial charge in [-0.1, -0.05) is 0 Å².